The summed E-state index contributed by atoms with van der Waals surface area (Å²) >= 11 is 12.7. The van der Waals surface area contributed by atoms with Crippen LogP contribution in [0.25, 0.3) is 11.1 Å². The van der Waals surface area contributed by atoms with E-state index in [-0.39, 0.29) is 53.4 Å². The lowest BCUT2D eigenvalue weighted by Crippen LogP contribution is -2.41. The van der Waals surface area contributed by atoms with Gasteiger partial charge in [-0.1, -0.05) is 65.7 Å². The van der Waals surface area contributed by atoms with E-state index < -0.39 is 42.1 Å². The average molecular weight is 645 g/mol. The molecule has 12 heteroatoms. The minimum Gasteiger partial charge on any atom is -0.480 e. The average Bonchev–Trinajstić information content (AvgIpc) is 2.99. The summed E-state index contributed by atoms with van der Waals surface area (Å²) in [6, 6.07) is 17.5. The third kappa shape index (κ3) is 8.93. The second-order valence-electron chi connectivity index (χ2n) is 10.4. The SMILES string of the molecule is O=C(CC[C@@H](NC(=O)c1c(Cl)cc(-c2ccccc2)cc1Cl)C(=O)O)CNC(=O)c1cccc(CC2=NCC(F)(F)CC2)c1. The molecule has 1 atom stereocenters. The number of carboxylic acid groups (broad SMARTS) is 1. The Bertz CT molecular complexity index is 1570. The van der Waals surface area contributed by atoms with Crippen LogP contribution < -0.4 is 10.6 Å². The van der Waals surface area contributed by atoms with E-state index in [1.165, 1.54) is 0 Å². The third-order valence-electron chi connectivity index (χ3n) is 7.05. The fourth-order valence-corrected chi connectivity index (χ4v) is 5.32. The van der Waals surface area contributed by atoms with Gasteiger partial charge < -0.3 is 15.7 Å². The molecule has 3 N–H and O–H groups in total. The molecular formula is C32H29Cl2F2N3O5. The largest absolute Gasteiger partial charge is 0.480 e. The standard InChI is InChI=1S/C32H29Cl2F2N3O5/c33-25-15-22(20-6-2-1-3-7-20)16-26(34)28(25)30(42)39-27(31(43)44)10-9-24(40)17-37-29(41)21-8-4-5-19(13-21)14-23-11-12-32(35,36)18-38-23/h1-8,13,15-16,27H,9-12,14,17-18H2,(H,37,41)(H,39,42)(H,43,44)/t27-/m1/s1. The zero-order chi connectivity index (χ0) is 31.9. The first kappa shape index (κ1) is 32.8. The summed E-state index contributed by atoms with van der Waals surface area (Å²) < 4.78 is 26.7. The molecule has 8 nitrogen and oxygen atoms in total. The number of carboxylic acids is 1. The molecule has 0 aliphatic carbocycles. The predicted molar refractivity (Wildman–Crippen MR) is 164 cm³/mol. The number of carbonyl (C=O) groups excluding carboxylic acids is 3. The highest BCUT2D eigenvalue weighted by Crippen LogP contribution is 2.32. The van der Waals surface area contributed by atoms with Crippen LogP contribution in [0.5, 0.6) is 0 Å². The number of carbonyl (C=O) groups is 4. The first-order chi connectivity index (χ1) is 20.9. The minimum atomic E-state index is -2.79. The summed E-state index contributed by atoms with van der Waals surface area (Å²) in [7, 11) is 0. The van der Waals surface area contributed by atoms with Crippen molar-refractivity contribution in [2.75, 3.05) is 13.1 Å². The number of hydrogen-bond acceptors (Lipinski definition) is 5. The van der Waals surface area contributed by atoms with Crippen LogP contribution in [0.4, 0.5) is 8.78 Å². The zero-order valence-corrected chi connectivity index (χ0v) is 24.9. The van der Waals surface area contributed by atoms with Crippen molar-refractivity contribution < 1.29 is 33.1 Å². The Hall–Kier alpha value is -4.15. The van der Waals surface area contributed by atoms with Gasteiger partial charge in [-0.2, -0.15) is 0 Å². The van der Waals surface area contributed by atoms with Gasteiger partial charge in [0.1, 0.15) is 12.6 Å². The molecule has 1 aliphatic heterocycles. The number of nitrogens with zero attached hydrogens (tertiary/aromatic N) is 1. The van der Waals surface area contributed by atoms with Gasteiger partial charge in [0, 0.05) is 30.5 Å². The van der Waals surface area contributed by atoms with Gasteiger partial charge in [-0.15, -0.1) is 0 Å². The summed E-state index contributed by atoms with van der Waals surface area (Å²) in [5, 5.41) is 14.6. The summed E-state index contributed by atoms with van der Waals surface area (Å²) in [4.78, 5) is 53.8. The van der Waals surface area contributed by atoms with Gasteiger partial charge >= 0.3 is 5.97 Å². The number of aliphatic imine (C=N–C) groups is 1. The summed E-state index contributed by atoms with van der Waals surface area (Å²) in [6.07, 6.45) is -0.216. The van der Waals surface area contributed by atoms with Crippen molar-refractivity contribution in [2.45, 2.75) is 44.1 Å². The smallest absolute Gasteiger partial charge is 0.326 e. The summed E-state index contributed by atoms with van der Waals surface area (Å²) in [5.41, 5.74) is 3.06. The van der Waals surface area contributed by atoms with Gasteiger partial charge in [0.25, 0.3) is 17.7 Å². The summed E-state index contributed by atoms with van der Waals surface area (Å²) in [6.45, 7) is -0.899. The Labute approximate surface area is 262 Å². The topological polar surface area (TPSA) is 125 Å². The molecule has 2 amide bonds. The first-order valence-electron chi connectivity index (χ1n) is 13.8. The molecule has 0 unspecified atom stereocenters. The number of benzene rings is 3. The molecular weight excluding hydrogens is 615 g/mol. The zero-order valence-electron chi connectivity index (χ0n) is 23.4. The number of rotatable bonds is 12. The molecule has 44 heavy (non-hydrogen) atoms. The van der Waals surface area contributed by atoms with Crippen LogP contribution >= 0.6 is 23.2 Å². The van der Waals surface area contributed by atoms with Gasteiger partial charge in [-0.25, -0.2) is 13.6 Å². The Balaban J connectivity index is 1.29. The molecule has 3 aromatic rings. The molecule has 0 saturated carbocycles. The van der Waals surface area contributed by atoms with Crippen molar-refractivity contribution in [3.05, 3.63) is 93.5 Å². The molecule has 0 aromatic heterocycles. The number of nitrogens with one attached hydrogen (secondary N) is 2. The quantitative estimate of drug-likeness (QED) is 0.222. The van der Waals surface area contributed by atoms with E-state index in [1.807, 2.05) is 30.3 Å². The van der Waals surface area contributed by atoms with Crippen molar-refractivity contribution in [1.82, 2.24) is 10.6 Å². The first-order valence-corrected chi connectivity index (χ1v) is 14.5. The highest BCUT2D eigenvalue weighted by molar-refractivity contribution is 6.40. The van der Waals surface area contributed by atoms with Crippen molar-refractivity contribution in [3.63, 3.8) is 0 Å². The van der Waals surface area contributed by atoms with Crippen molar-refractivity contribution >= 4 is 52.5 Å². The molecule has 0 spiro atoms. The molecule has 1 aliphatic rings. The Morgan fingerprint density at radius 1 is 0.932 bits per heavy atom. The molecule has 0 fully saturated rings. The number of alkyl halides is 2. The van der Waals surface area contributed by atoms with E-state index in [2.05, 4.69) is 15.6 Å². The molecule has 0 radical (unpaired) electrons. The van der Waals surface area contributed by atoms with Gasteiger partial charge in [-0.3, -0.25) is 19.4 Å². The number of hydrogen-bond donors (Lipinski definition) is 3. The monoisotopic (exact) mass is 643 g/mol. The van der Waals surface area contributed by atoms with E-state index in [0.717, 1.165) is 11.1 Å². The maximum Gasteiger partial charge on any atom is 0.326 e. The lowest BCUT2D eigenvalue weighted by Gasteiger charge is -2.20. The van der Waals surface area contributed by atoms with Crippen LogP contribution in [0, 0.1) is 0 Å². The van der Waals surface area contributed by atoms with Gasteiger partial charge in [0.15, 0.2) is 5.78 Å². The molecule has 4 rings (SSSR count). The molecule has 0 bridgehead atoms. The predicted octanol–water partition coefficient (Wildman–Crippen LogP) is 6.04. The van der Waals surface area contributed by atoms with Crippen molar-refractivity contribution in [2.24, 2.45) is 4.99 Å². The van der Waals surface area contributed by atoms with Crippen LogP contribution in [0.3, 0.4) is 0 Å². The van der Waals surface area contributed by atoms with E-state index in [9.17, 15) is 33.1 Å². The van der Waals surface area contributed by atoms with Gasteiger partial charge in [0.05, 0.1) is 22.2 Å². The number of ketones is 1. The van der Waals surface area contributed by atoms with E-state index in [1.54, 1.807) is 36.4 Å². The number of aliphatic carboxylic acids is 1. The van der Waals surface area contributed by atoms with Crippen LogP contribution in [-0.4, -0.2) is 59.4 Å². The number of Topliss-reactive ketones (excluding diaryl/α,β-unsaturated/α-hetero) is 1. The van der Waals surface area contributed by atoms with E-state index in [4.69, 9.17) is 23.2 Å². The molecule has 1 heterocycles. The fourth-order valence-electron chi connectivity index (χ4n) is 4.66. The minimum absolute atomic E-state index is 0.0362. The maximum absolute atomic E-state index is 13.3. The lowest BCUT2D eigenvalue weighted by molar-refractivity contribution is -0.139. The highest BCUT2D eigenvalue weighted by Gasteiger charge is 2.32. The number of halogens is 4. The van der Waals surface area contributed by atoms with Crippen LogP contribution in [0.15, 0.2) is 71.7 Å². The van der Waals surface area contributed by atoms with Crippen LogP contribution in [0.1, 0.15) is 52.0 Å². The molecule has 0 saturated heterocycles. The fraction of sp³-hybridized carbons (Fsp3) is 0.281. The van der Waals surface area contributed by atoms with Gasteiger partial charge in [0.2, 0.25) is 0 Å². The van der Waals surface area contributed by atoms with Crippen molar-refractivity contribution in [3.8, 4) is 11.1 Å². The van der Waals surface area contributed by atoms with Gasteiger partial charge in [-0.05, 0) is 53.8 Å². The Kier molecular flexibility index (Phi) is 10.8. The number of amides is 2. The lowest BCUT2D eigenvalue weighted by atomic mass is 9.98. The maximum atomic E-state index is 13.3. The third-order valence-corrected chi connectivity index (χ3v) is 7.64. The van der Waals surface area contributed by atoms with Crippen molar-refractivity contribution in [1.29, 1.82) is 0 Å². The normalized spacial score (nSPS) is 14.7. The molecule has 3 aromatic carbocycles. The summed E-state index contributed by atoms with van der Waals surface area (Å²) in [5.74, 6) is -5.92. The highest BCUT2D eigenvalue weighted by atomic mass is 35.5. The van der Waals surface area contributed by atoms with E-state index in [0.29, 0.717) is 17.7 Å². The Morgan fingerprint density at radius 3 is 2.27 bits per heavy atom. The van der Waals surface area contributed by atoms with Crippen LogP contribution in [-0.2, 0) is 16.0 Å². The molecule has 230 valence electrons. The second kappa shape index (κ2) is 14.5. The van der Waals surface area contributed by atoms with E-state index >= 15 is 0 Å². The second-order valence-corrected chi connectivity index (χ2v) is 11.2. The Morgan fingerprint density at radius 2 is 1.64 bits per heavy atom. The van der Waals surface area contributed by atoms with Crippen LogP contribution in [0.2, 0.25) is 10.0 Å².